The first-order valence-electron chi connectivity index (χ1n) is 6.98. The third kappa shape index (κ3) is 4.19. The summed E-state index contributed by atoms with van der Waals surface area (Å²) in [5.74, 6) is -0.453. The molecule has 0 aromatic heterocycles. The number of halogens is 1. The first kappa shape index (κ1) is 18.9. The molecule has 2 rings (SSSR count). The van der Waals surface area contributed by atoms with Crippen molar-refractivity contribution < 1.29 is 17.9 Å². The molecule has 1 aliphatic heterocycles. The molecule has 1 aromatic carbocycles. The number of piperidine rings is 1. The average Bonchev–Trinajstić information content (AvgIpc) is 2.48. The van der Waals surface area contributed by atoms with Crippen molar-refractivity contribution in [1.29, 1.82) is 0 Å². The first-order chi connectivity index (χ1) is 9.95. The number of carbonyl (C=O) groups excluding carboxylic acids is 1. The molecule has 0 radical (unpaired) electrons. The van der Waals surface area contributed by atoms with E-state index in [0.717, 1.165) is 0 Å². The van der Waals surface area contributed by atoms with Gasteiger partial charge in [-0.25, -0.2) is 13.2 Å². The van der Waals surface area contributed by atoms with E-state index >= 15 is 0 Å². The molecule has 0 unspecified atom stereocenters. The van der Waals surface area contributed by atoms with E-state index in [1.54, 1.807) is 6.92 Å². The van der Waals surface area contributed by atoms with Gasteiger partial charge in [0.25, 0.3) is 0 Å². The Bertz CT molecular complexity index is 596. The maximum atomic E-state index is 12.5. The minimum Gasteiger partial charge on any atom is -0.462 e. The van der Waals surface area contributed by atoms with Gasteiger partial charge in [-0.3, -0.25) is 0 Å². The molecule has 0 saturated carbocycles. The lowest BCUT2D eigenvalue weighted by Crippen LogP contribution is -2.42. The highest BCUT2D eigenvalue weighted by atomic mass is 35.5. The molecule has 0 aliphatic carbocycles. The fourth-order valence-corrected chi connectivity index (χ4v) is 3.71. The van der Waals surface area contributed by atoms with Gasteiger partial charge in [-0.2, -0.15) is 4.31 Å². The van der Waals surface area contributed by atoms with Crippen LogP contribution in [-0.2, 0) is 14.8 Å². The minimum atomic E-state index is -3.51. The van der Waals surface area contributed by atoms with Crippen molar-refractivity contribution in [2.75, 3.05) is 19.7 Å². The maximum absolute atomic E-state index is 12.5. The van der Waals surface area contributed by atoms with Crippen molar-refractivity contribution in [2.24, 2.45) is 5.73 Å². The predicted octanol–water partition coefficient (Wildman–Crippen LogP) is 1.40. The Morgan fingerprint density at radius 1 is 1.27 bits per heavy atom. The van der Waals surface area contributed by atoms with Crippen molar-refractivity contribution in [3.8, 4) is 0 Å². The largest absolute Gasteiger partial charge is 0.462 e. The molecule has 8 heteroatoms. The lowest BCUT2D eigenvalue weighted by molar-refractivity contribution is 0.0526. The second kappa shape index (κ2) is 7.92. The standard InChI is InChI=1S/C14H20N2O4S.ClH/c1-2-20-14(17)11-3-5-13(6-4-11)21(18,19)16-9-7-12(15)8-10-16;/h3-6,12H,2,7-10,15H2,1H3;1H. The summed E-state index contributed by atoms with van der Waals surface area (Å²) in [5, 5.41) is 0. The van der Waals surface area contributed by atoms with Gasteiger partial charge < -0.3 is 10.5 Å². The summed E-state index contributed by atoms with van der Waals surface area (Å²) >= 11 is 0. The quantitative estimate of drug-likeness (QED) is 0.830. The van der Waals surface area contributed by atoms with Crippen LogP contribution in [0.15, 0.2) is 29.2 Å². The van der Waals surface area contributed by atoms with Gasteiger partial charge in [0.15, 0.2) is 0 Å². The molecule has 22 heavy (non-hydrogen) atoms. The Morgan fingerprint density at radius 2 is 1.82 bits per heavy atom. The lowest BCUT2D eigenvalue weighted by atomic mass is 10.1. The Balaban J connectivity index is 0.00000242. The topological polar surface area (TPSA) is 89.7 Å². The van der Waals surface area contributed by atoms with E-state index in [1.165, 1.54) is 28.6 Å². The lowest BCUT2D eigenvalue weighted by Gasteiger charge is -2.29. The molecule has 2 N–H and O–H groups in total. The molecule has 124 valence electrons. The number of rotatable bonds is 4. The predicted molar refractivity (Wildman–Crippen MR) is 85.6 cm³/mol. The maximum Gasteiger partial charge on any atom is 0.338 e. The molecule has 0 atom stereocenters. The zero-order valence-corrected chi connectivity index (χ0v) is 14.0. The van der Waals surface area contributed by atoms with Crippen molar-refractivity contribution >= 4 is 28.4 Å². The van der Waals surface area contributed by atoms with Crippen molar-refractivity contribution in [3.05, 3.63) is 29.8 Å². The fourth-order valence-electron chi connectivity index (χ4n) is 2.24. The number of nitrogens with two attached hydrogens (primary N) is 1. The van der Waals surface area contributed by atoms with Crippen LogP contribution in [0.2, 0.25) is 0 Å². The Hall–Kier alpha value is -1.15. The zero-order chi connectivity index (χ0) is 15.5. The minimum absolute atomic E-state index is 0. The second-order valence-corrected chi connectivity index (χ2v) is 6.92. The van der Waals surface area contributed by atoms with Gasteiger partial charge in [-0.05, 0) is 44.0 Å². The summed E-state index contributed by atoms with van der Waals surface area (Å²) in [5.41, 5.74) is 6.13. The molecule has 1 aromatic rings. The van der Waals surface area contributed by atoms with E-state index in [4.69, 9.17) is 10.5 Å². The van der Waals surface area contributed by atoms with Crippen LogP contribution in [0.5, 0.6) is 0 Å². The molecule has 6 nitrogen and oxygen atoms in total. The number of carbonyl (C=O) groups is 1. The first-order valence-corrected chi connectivity index (χ1v) is 8.42. The molecule has 1 aliphatic rings. The molecule has 0 spiro atoms. The summed E-state index contributed by atoms with van der Waals surface area (Å²) in [4.78, 5) is 11.7. The van der Waals surface area contributed by atoms with Crippen molar-refractivity contribution in [3.63, 3.8) is 0 Å². The average molecular weight is 349 g/mol. The number of nitrogens with zero attached hydrogens (tertiary/aromatic N) is 1. The van der Waals surface area contributed by atoms with E-state index in [9.17, 15) is 13.2 Å². The van der Waals surface area contributed by atoms with Gasteiger partial charge in [-0.15, -0.1) is 12.4 Å². The van der Waals surface area contributed by atoms with Gasteiger partial charge in [-0.1, -0.05) is 0 Å². The SMILES string of the molecule is CCOC(=O)c1ccc(S(=O)(=O)N2CCC(N)CC2)cc1.Cl. The number of benzene rings is 1. The summed E-state index contributed by atoms with van der Waals surface area (Å²) in [7, 11) is -3.51. The summed E-state index contributed by atoms with van der Waals surface area (Å²) in [6.07, 6.45) is 1.33. The fraction of sp³-hybridized carbons (Fsp3) is 0.500. The number of ether oxygens (including phenoxy) is 1. The Kier molecular flexibility index (Phi) is 6.80. The van der Waals surface area contributed by atoms with Crippen LogP contribution in [0, 0.1) is 0 Å². The van der Waals surface area contributed by atoms with E-state index in [-0.39, 0.29) is 30.0 Å². The number of hydrogen-bond acceptors (Lipinski definition) is 5. The van der Waals surface area contributed by atoms with E-state index < -0.39 is 16.0 Å². The van der Waals surface area contributed by atoms with Crippen molar-refractivity contribution in [1.82, 2.24) is 4.31 Å². The van der Waals surface area contributed by atoms with Gasteiger partial charge in [0.2, 0.25) is 10.0 Å². The Morgan fingerprint density at radius 3 is 2.32 bits per heavy atom. The monoisotopic (exact) mass is 348 g/mol. The second-order valence-electron chi connectivity index (χ2n) is 4.99. The van der Waals surface area contributed by atoms with Gasteiger partial charge in [0, 0.05) is 19.1 Å². The zero-order valence-electron chi connectivity index (χ0n) is 12.4. The van der Waals surface area contributed by atoms with E-state index in [2.05, 4.69) is 0 Å². The molecular weight excluding hydrogens is 328 g/mol. The van der Waals surface area contributed by atoms with Crippen molar-refractivity contribution in [2.45, 2.75) is 30.7 Å². The van der Waals surface area contributed by atoms with Crippen LogP contribution < -0.4 is 5.73 Å². The third-order valence-corrected chi connectivity index (χ3v) is 5.41. The van der Waals surface area contributed by atoms with Gasteiger partial charge >= 0.3 is 5.97 Å². The molecule has 0 bridgehead atoms. The molecule has 1 fully saturated rings. The van der Waals surface area contributed by atoms with Crippen LogP contribution in [0.1, 0.15) is 30.1 Å². The summed E-state index contributed by atoms with van der Waals surface area (Å²) in [6.45, 7) is 2.87. The van der Waals surface area contributed by atoms with Crippen LogP contribution in [-0.4, -0.2) is 44.4 Å². The number of esters is 1. The van der Waals surface area contributed by atoms with Crippen LogP contribution in [0.25, 0.3) is 0 Å². The highest BCUT2D eigenvalue weighted by molar-refractivity contribution is 7.89. The molecule has 1 saturated heterocycles. The van der Waals surface area contributed by atoms with Crippen LogP contribution >= 0.6 is 12.4 Å². The summed E-state index contributed by atoms with van der Waals surface area (Å²) in [6, 6.07) is 5.90. The van der Waals surface area contributed by atoms with Crippen LogP contribution in [0.4, 0.5) is 0 Å². The highest BCUT2D eigenvalue weighted by Gasteiger charge is 2.28. The van der Waals surface area contributed by atoms with E-state index in [0.29, 0.717) is 31.5 Å². The smallest absolute Gasteiger partial charge is 0.338 e. The van der Waals surface area contributed by atoms with Gasteiger partial charge in [0.1, 0.15) is 0 Å². The van der Waals surface area contributed by atoms with Crippen LogP contribution in [0.3, 0.4) is 0 Å². The molecule has 0 amide bonds. The molecular formula is C14H21ClN2O4S. The number of sulfonamides is 1. The molecule has 1 heterocycles. The normalized spacial score (nSPS) is 16.8. The Labute approximate surface area is 137 Å². The summed E-state index contributed by atoms with van der Waals surface area (Å²) < 4.78 is 31.2. The van der Waals surface area contributed by atoms with Gasteiger partial charge in [0.05, 0.1) is 17.1 Å². The van der Waals surface area contributed by atoms with E-state index in [1.807, 2.05) is 0 Å². The number of hydrogen-bond donors (Lipinski definition) is 1. The third-order valence-electron chi connectivity index (χ3n) is 3.50. The highest BCUT2D eigenvalue weighted by Crippen LogP contribution is 2.20.